The molecular weight excluding hydrogens is 592 g/mol. The fourth-order valence-electron chi connectivity index (χ4n) is 4.86. The Bertz CT molecular complexity index is 1550. The highest BCUT2D eigenvalue weighted by Gasteiger charge is 2.27. The SMILES string of the molecule is COC(=O)c1ccc(OCCCc2cccc(Oc3ccccc3)c2)c(OCC=C(C)CCC=C(C)CCC=C(C)C)c1C(=O)OC. The van der Waals surface area contributed by atoms with Gasteiger partial charge in [-0.15, -0.1) is 0 Å². The van der Waals surface area contributed by atoms with Crippen molar-refractivity contribution in [1.29, 1.82) is 0 Å². The number of allylic oxidation sites excluding steroid dienone is 5. The highest BCUT2D eigenvalue weighted by atomic mass is 16.5. The molecule has 7 heteroatoms. The van der Waals surface area contributed by atoms with Crippen molar-refractivity contribution >= 4 is 11.9 Å². The molecule has 7 nitrogen and oxygen atoms in total. The number of para-hydroxylation sites is 1. The third-order valence-electron chi connectivity index (χ3n) is 7.44. The van der Waals surface area contributed by atoms with E-state index in [1.165, 1.54) is 31.4 Å². The lowest BCUT2D eigenvalue weighted by Crippen LogP contribution is -2.15. The van der Waals surface area contributed by atoms with Gasteiger partial charge in [0, 0.05) is 0 Å². The normalized spacial score (nSPS) is 11.4. The lowest BCUT2D eigenvalue weighted by molar-refractivity contribution is 0.0550. The van der Waals surface area contributed by atoms with Crippen LogP contribution in [0.15, 0.2) is 102 Å². The molecule has 0 aromatic heterocycles. The molecule has 0 aliphatic rings. The van der Waals surface area contributed by atoms with Crippen molar-refractivity contribution in [3.05, 3.63) is 118 Å². The summed E-state index contributed by atoms with van der Waals surface area (Å²) in [4.78, 5) is 25.5. The van der Waals surface area contributed by atoms with Crippen molar-refractivity contribution < 1.29 is 33.3 Å². The van der Waals surface area contributed by atoms with E-state index in [4.69, 9.17) is 23.7 Å². The number of benzene rings is 3. The number of methoxy groups -OCH3 is 2. The molecule has 47 heavy (non-hydrogen) atoms. The molecule has 0 saturated carbocycles. The first kappa shape index (κ1) is 36.7. The second-order valence-corrected chi connectivity index (χ2v) is 11.6. The van der Waals surface area contributed by atoms with Crippen LogP contribution in [-0.4, -0.2) is 39.4 Å². The lowest BCUT2D eigenvalue weighted by Gasteiger charge is -2.17. The summed E-state index contributed by atoms with van der Waals surface area (Å²) < 4.78 is 28.2. The van der Waals surface area contributed by atoms with Crippen LogP contribution < -0.4 is 14.2 Å². The van der Waals surface area contributed by atoms with Gasteiger partial charge in [0.25, 0.3) is 0 Å². The number of ether oxygens (including phenoxy) is 5. The summed E-state index contributed by atoms with van der Waals surface area (Å²) in [5.41, 5.74) is 5.00. The molecule has 0 bridgehead atoms. The van der Waals surface area contributed by atoms with Gasteiger partial charge in [0.15, 0.2) is 11.5 Å². The first-order chi connectivity index (χ1) is 22.7. The van der Waals surface area contributed by atoms with E-state index in [0.717, 1.165) is 54.7 Å². The minimum absolute atomic E-state index is 0.0245. The van der Waals surface area contributed by atoms with Crippen molar-refractivity contribution in [3.8, 4) is 23.0 Å². The zero-order valence-electron chi connectivity index (χ0n) is 28.6. The Morgan fingerprint density at radius 2 is 1.38 bits per heavy atom. The van der Waals surface area contributed by atoms with E-state index in [9.17, 15) is 9.59 Å². The standard InChI is InChI=1S/C40H48O7/c1-29(2)14-10-15-30(3)16-11-17-31(4)25-27-46-38-36(24-23-35(39(41)43-5)37(38)40(42)44-6)45-26-13-19-32-18-12-22-34(28-32)47-33-20-8-7-9-21-33/h7-9,12,14,16,18,20-25,28H,10-11,13,15,17,19,26-27H2,1-6H3. The number of carbonyl (C=O) groups is 2. The molecule has 3 aromatic rings. The third kappa shape index (κ3) is 12.5. The average molecular weight is 641 g/mol. The van der Waals surface area contributed by atoms with Gasteiger partial charge in [0.05, 0.1) is 26.4 Å². The number of hydrogen-bond donors (Lipinski definition) is 0. The molecule has 0 fully saturated rings. The number of carbonyl (C=O) groups excluding carboxylic acids is 2. The molecule has 0 aliphatic carbocycles. The van der Waals surface area contributed by atoms with Crippen molar-refractivity contribution in [2.45, 2.75) is 66.2 Å². The van der Waals surface area contributed by atoms with E-state index in [1.807, 2.05) is 60.7 Å². The van der Waals surface area contributed by atoms with Crippen molar-refractivity contribution in [1.82, 2.24) is 0 Å². The van der Waals surface area contributed by atoms with Crippen LogP contribution in [0, 0.1) is 0 Å². The highest BCUT2D eigenvalue weighted by molar-refractivity contribution is 6.05. The molecule has 0 saturated heterocycles. The van der Waals surface area contributed by atoms with Gasteiger partial charge in [-0.1, -0.05) is 59.2 Å². The largest absolute Gasteiger partial charge is 0.490 e. The van der Waals surface area contributed by atoms with Crippen LogP contribution >= 0.6 is 0 Å². The van der Waals surface area contributed by atoms with E-state index < -0.39 is 11.9 Å². The van der Waals surface area contributed by atoms with Crippen LogP contribution in [0.3, 0.4) is 0 Å². The molecule has 0 unspecified atom stereocenters. The minimum atomic E-state index is -0.712. The smallest absolute Gasteiger partial charge is 0.342 e. The zero-order chi connectivity index (χ0) is 34.0. The lowest BCUT2D eigenvalue weighted by atomic mass is 10.1. The summed E-state index contributed by atoms with van der Waals surface area (Å²) in [7, 11) is 2.52. The zero-order valence-corrected chi connectivity index (χ0v) is 28.6. The number of esters is 2. The van der Waals surface area contributed by atoms with Gasteiger partial charge in [-0.3, -0.25) is 0 Å². The van der Waals surface area contributed by atoms with Crippen LogP contribution in [0.5, 0.6) is 23.0 Å². The van der Waals surface area contributed by atoms with E-state index in [1.54, 1.807) is 6.07 Å². The molecular formula is C40H48O7. The Morgan fingerprint density at radius 3 is 2.09 bits per heavy atom. The Morgan fingerprint density at radius 1 is 0.702 bits per heavy atom. The van der Waals surface area contributed by atoms with E-state index in [0.29, 0.717) is 18.8 Å². The van der Waals surface area contributed by atoms with E-state index in [-0.39, 0.29) is 23.5 Å². The van der Waals surface area contributed by atoms with Gasteiger partial charge < -0.3 is 23.7 Å². The summed E-state index contributed by atoms with van der Waals surface area (Å²) in [6.45, 7) is 9.01. The van der Waals surface area contributed by atoms with Crippen LogP contribution in [0.4, 0.5) is 0 Å². The molecule has 0 N–H and O–H groups in total. The van der Waals surface area contributed by atoms with Gasteiger partial charge in [-0.05, 0) is 114 Å². The number of hydrogen-bond acceptors (Lipinski definition) is 7. The Labute approximate surface area is 279 Å². The topological polar surface area (TPSA) is 80.3 Å². The Balaban J connectivity index is 1.68. The van der Waals surface area contributed by atoms with Crippen molar-refractivity contribution in [2.24, 2.45) is 0 Å². The fraction of sp³-hybridized carbons (Fsp3) is 0.350. The monoisotopic (exact) mass is 640 g/mol. The van der Waals surface area contributed by atoms with Crippen LogP contribution in [0.2, 0.25) is 0 Å². The van der Waals surface area contributed by atoms with Gasteiger partial charge in [0.2, 0.25) is 0 Å². The quantitative estimate of drug-likeness (QED) is 0.0778. The third-order valence-corrected chi connectivity index (χ3v) is 7.44. The van der Waals surface area contributed by atoms with E-state index >= 15 is 0 Å². The maximum absolute atomic E-state index is 12.9. The first-order valence-corrected chi connectivity index (χ1v) is 16.1. The molecule has 0 radical (unpaired) electrons. The maximum Gasteiger partial charge on any atom is 0.342 e. The predicted octanol–water partition coefficient (Wildman–Crippen LogP) is 9.86. The van der Waals surface area contributed by atoms with E-state index in [2.05, 4.69) is 39.8 Å². The van der Waals surface area contributed by atoms with Crippen LogP contribution in [0.1, 0.15) is 86.1 Å². The summed E-state index contributed by atoms with van der Waals surface area (Å²) in [6.07, 6.45) is 11.9. The van der Waals surface area contributed by atoms with Gasteiger partial charge in [-0.2, -0.15) is 0 Å². The summed E-state index contributed by atoms with van der Waals surface area (Å²) in [5, 5.41) is 0. The molecule has 0 amide bonds. The summed E-state index contributed by atoms with van der Waals surface area (Å²) in [6, 6.07) is 20.7. The van der Waals surface area contributed by atoms with Crippen LogP contribution in [-0.2, 0) is 15.9 Å². The Kier molecular flexibility index (Phi) is 15.4. The van der Waals surface area contributed by atoms with Gasteiger partial charge in [0.1, 0.15) is 23.7 Å². The van der Waals surface area contributed by atoms with Crippen molar-refractivity contribution in [2.75, 3.05) is 27.4 Å². The molecule has 3 aromatic carbocycles. The molecule has 0 atom stereocenters. The van der Waals surface area contributed by atoms with Gasteiger partial charge >= 0.3 is 11.9 Å². The summed E-state index contributed by atoms with van der Waals surface area (Å²) >= 11 is 0. The molecule has 0 spiro atoms. The minimum Gasteiger partial charge on any atom is -0.490 e. The fourth-order valence-corrected chi connectivity index (χ4v) is 4.86. The Hall–Kier alpha value is -4.78. The molecule has 0 heterocycles. The number of rotatable bonds is 18. The van der Waals surface area contributed by atoms with Gasteiger partial charge in [-0.25, -0.2) is 9.59 Å². The first-order valence-electron chi connectivity index (χ1n) is 16.1. The second kappa shape index (κ2) is 19.7. The second-order valence-electron chi connectivity index (χ2n) is 11.6. The maximum atomic E-state index is 12.9. The predicted molar refractivity (Wildman–Crippen MR) is 187 cm³/mol. The summed E-state index contributed by atoms with van der Waals surface area (Å²) in [5.74, 6) is 0.658. The van der Waals surface area contributed by atoms with Crippen molar-refractivity contribution in [3.63, 3.8) is 0 Å². The molecule has 0 aliphatic heterocycles. The van der Waals surface area contributed by atoms with Crippen LogP contribution in [0.25, 0.3) is 0 Å². The highest BCUT2D eigenvalue weighted by Crippen LogP contribution is 2.35. The molecule has 250 valence electrons. The molecule has 3 rings (SSSR count). The average Bonchev–Trinajstić information content (AvgIpc) is 3.06. The number of aryl methyl sites for hydroxylation is 1.